The molecule has 0 unspecified atom stereocenters. The Labute approximate surface area is 126 Å². The second-order valence-corrected chi connectivity index (χ2v) is 5.96. The average molecular weight is 286 g/mol. The Morgan fingerprint density at radius 3 is 2.24 bits per heavy atom. The van der Waals surface area contributed by atoms with Crippen LogP contribution in [0.15, 0.2) is 36.0 Å². The molecule has 0 heterocycles. The molecule has 1 rings (SSSR count). The number of benzene rings is 1. The van der Waals surface area contributed by atoms with Crippen LogP contribution in [0.5, 0.6) is 0 Å². The first kappa shape index (κ1) is 16.6. The molecule has 2 N–H and O–H groups in total. The molecule has 0 aromatic heterocycles. The maximum Gasteiger partial charge on any atom is 0.263 e. The van der Waals surface area contributed by atoms with Gasteiger partial charge in [0.2, 0.25) is 0 Å². The minimum Gasteiger partial charge on any atom is -0.378 e. The Kier molecular flexibility index (Phi) is 5.37. The van der Waals surface area contributed by atoms with Gasteiger partial charge in [0, 0.05) is 37.2 Å². The number of amides is 1. The molecule has 0 fully saturated rings. The molecular formula is C16H22N4O. The molecule has 5 nitrogen and oxygen atoms in total. The molecule has 0 aliphatic heterocycles. The molecule has 112 valence electrons. The van der Waals surface area contributed by atoms with E-state index in [9.17, 15) is 4.79 Å². The van der Waals surface area contributed by atoms with Crippen LogP contribution in [0.25, 0.3) is 0 Å². The largest absolute Gasteiger partial charge is 0.378 e. The standard InChI is InChI=1S/C16H22N4O/c1-16(2,3)19-15(21)12(10-17)11-18-13-6-8-14(9-7-13)20(4)5/h6-9,11,18H,1-5H3,(H,19,21)/b12-11-. The Morgan fingerprint density at radius 1 is 1.24 bits per heavy atom. The van der Waals surface area contributed by atoms with Crippen LogP contribution in [-0.2, 0) is 4.79 Å². The number of nitrogens with zero attached hydrogens (tertiary/aromatic N) is 2. The van der Waals surface area contributed by atoms with Crippen molar-refractivity contribution < 1.29 is 4.79 Å². The molecule has 0 aliphatic rings. The number of anilines is 2. The third kappa shape index (κ3) is 5.57. The molecule has 0 saturated heterocycles. The number of carbonyl (C=O) groups excluding carboxylic acids is 1. The van der Waals surface area contributed by atoms with Crippen molar-refractivity contribution in [3.05, 3.63) is 36.0 Å². The molecule has 0 saturated carbocycles. The fourth-order valence-corrected chi connectivity index (χ4v) is 1.57. The van der Waals surface area contributed by atoms with Crippen molar-refractivity contribution in [1.82, 2.24) is 5.32 Å². The van der Waals surface area contributed by atoms with Crippen molar-refractivity contribution >= 4 is 17.3 Å². The van der Waals surface area contributed by atoms with Crippen LogP contribution < -0.4 is 15.5 Å². The van der Waals surface area contributed by atoms with Crippen LogP contribution in [0.1, 0.15) is 20.8 Å². The first-order valence-electron chi connectivity index (χ1n) is 6.69. The highest BCUT2D eigenvalue weighted by atomic mass is 16.1. The molecule has 21 heavy (non-hydrogen) atoms. The highest BCUT2D eigenvalue weighted by Gasteiger charge is 2.16. The molecule has 0 atom stereocenters. The van der Waals surface area contributed by atoms with Gasteiger partial charge in [-0.05, 0) is 45.0 Å². The average Bonchev–Trinajstić information content (AvgIpc) is 2.37. The van der Waals surface area contributed by atoms with E-state index in [2.05, 4.69) is 10.6 Å². The smallest absolute Gasteiger partial charge is 0.263 e. The molecule has 1 aromatic rings. The molecule has 5 heteroatoms. The number of nitrogens with one attached hydrogen (secondary N) is 2. The SMILES string of the molecule is CN(C)c1ccc(N/C=C(/C#N)C(=O)NC(C)(C)C)cc1. The Bertz CT molecular complexity index is 559. The molecule has 0 bridgehead atoms. The minimum absolute atomic E-state index is 0.0432. The molecule has 1 aromatic carbocycles. The lowest BCUT2D eigenvalue weighted by Crippen LogP contribution is -2.41. The quantitative estimate of drug-likeness (QED) is 0.659. The van der Waals surface area contributed by atoms with Gasteiger partial charge in [0.15, 0.2) is 0 Å². The fourth-order valence-electron chi connectivity index (χ4n) is 1.57. The second kappa shape index (κ2) is 6.80. The molecule has 0 radical (unpaired) electrons. The summed E-state index contributed by atoms with van der Waals surface area (Å²) >= 11 is 0. The zero-order chi connectivity index (χ0) is 16.0. The van der Waals surface area contributed by atoms with Gasteiger partial charge in [-0.15, -0.1) is 0 Å². The Hall–Kier alpha value is -2.48. The summed E-state index contributed by atoms with van der Waals surface area (Å²) < 4.78 is 0. The lowest BCUT2D eigenvalue weighted by molar-refractivity contribution is -0.118. The van der Waals surface area contributed by atoms with Gasteiger partial charge in [0.25, 0.3) is 5.91 Å². The first-order valence-corrected chi connectivity index (χ1v) is 6.69. The van der Waals surface area contributed by atoms with Gasteiger partial charge < -0.3 is 15.5 Å². The number of rotatable bonds is 4. The number of nitriles is 1. The summed E-state index contributed by atoms with van der Waals surface area (Å²) in [6.07, 6.45) is 1.42. The topological polar surface area (TPSA) is 68.2 Å². The van der Waals surface area contributed by atoms with Crippen LogP contribution in [0.2, 0.25) is 0 Å². The van der Waals surface area contributed by atoms with E-state index in [-0.39, 0.29) is 17.0 Å². The van der Waals surface area contributed by atoms with Gasteiger partial charge >= 0.3 is 0 Å². The van der Waals surface area contributed by atoms with Crippen molar-refractivity contribution in [3.63, 3.8) is 0 Å². The van der Waals surface area contributed by atoms with Gasteiger partial charge in [0.1, 0.15) is 11.6 Å². The van der Waals surface area contributed by atoms with Gasteiger partial charge in [-0.2, -0.15) is 5.26 Å². The Balaban J connectivity index is 2.77. The summed E-state index contributed by atoms with van der Waals surface area (Å²) in [7, 11) is 3.93. The summed E-state index contributed by atoms with van der Waals surface area (Å²) in [4.78, 5) is 13.9. The minimum atomic E-state index is -0.387. The van der Waals surface area contributed by atoms with E-state index >= 15 is 0 Å². The van der Waals surface area contributed by atoms with Gasteiger partial charge in [-0.1, -0.05) is 0 Å². The van der Waals surface area contributed by atoms with Crippen molar-refractivity contribution in [2.75, 3.05) is 24.3 Å². The highest BCUT2D eigenvalue weighted by Crippen LogP contribution is 2.15. The molecule has 0 spiro atoms. The Morgan fingerprint density at radius 2 is 1.81 bits per heavy atom. The summed E-state index contributed by atoms with van der Waals surface area (Å²) in [6, 6.07) is 9.60. The fraction of sp³-hybridized carbons (Fsp3) is 0.375. The zero-order valence-electron chi connectivity index (χ0n) is 13.2. The van der Waals surface area contributed by atoms with E-state index in [0.29, 0.717) is 0 Å². The molecular weight excluding hydrogens is 264 g/mol. The third-order valence-corrected chi connectivity index (χ3v) is 2.62. The second-order valence-electron chi connectivity index (χ2n) is 5.96. The van der Waals surface area contributed by atoms with Crippen LogP contribution in [0, 0.1) is 11.3 Å². The lowest BCUT2D eigenvalue weighted by atomic mass is 10.1. The first-order chi connectivity index (χ1) is 9.73. The summed E-state index contributed by atoms with van der Waals surface area (Å²) in [5, 5.41) is 14.8. The van der Waals surface area contributed by atoms with E-state index < -0.39 is 0 Å². The highest BCUT2D eigenvalue weighted by molar-refractivity contribution is 5.97. The van der Waals surface area contributed by atoms with Crippen LogP contribution in [-0.4, -0.2) is 25.5 Å². The van der Waals surface area contributed by atoms with E-state index in [1.165, 1.54) is 6.20 Å². The maximum atomic E-state index is 11.9. The van der Waals surface area contributed by atoms with Gasteiger partial charge in [-0.3, -0.25) is 4.79 Å². The zero-order valence-corrected chi connectivity index (χ0v) is 13.2. The van der Waals surface area contributed by atoms with Gasteiger partial charge in [0.05, 0.1) is 0 Å². The molecule has 0 aliphatic carbocycles. The van der Waals surface area contributed by atoms with Crippen LogP contribution >= 0.6 is 0 Å². The van der Waals surface area contributed by atoms with E-state index in [0.717, 1.165) is 11.4 Å². The monoisotopic (exact) mass is 286 g/mol. The van der Waals surface area contributed by atoms with E-state index in [1.807, 2.05) is 70.1 Å². The summed E-state index contributed by atoms with van der Waals surface area (Å²) in [5.74, 6) is -0.387. The molecule has 1 amide bonds. The van der Waals surface area contributed by atoms with Gasteiger partial charge in [-0.25, -0.2) is 0 Å². The van der Waals surface area contributed by atoms with Crippen molar-refractivity contribution in [3.8, 4) is 6.07 Å². The van der Waals surface area contributed by atoms with Crippen molar-refractivity contribution in [1.29, 1.82) is 5.26 Å². The third-order valence-electron chi connectivity index (χ3n) is 2.62. The predicted molar refractivity (Wildman–Crippen MR) is 86.0 cm³/mol. The van der Waals surface area contributed by atoms with Crippen LogP contribution in [0.3, 0.4) is 0 Å². The van der Waals surface area contributed by atoms with Crippen molar-refractivity contribution in [2.45, 2.75) is 26.3 Å². The number of hydrogen-bond donors (Lipinski definition) is 2. The van der Waals surface area contributed by atoms with E-state index in [4.69, 9.17) is 5.26 Å². The summed E-state index contributed by atoms with van der Waals surface area (Å²) in [5.41, 5.74) is 1.56. The number of carbonyl (C=O) groups is 1. The predicted octanol–water partition coefficient (Wildman–Crippen LogP) is 2.49. The van der Waals surface area contributed by atoms with Crippen LogP contribution in [0.4, 0.5) is 11.4 Å². The normalized spacial score (nSPS) is 11.5. The van der Waals surface area contributed by atoms with E-state index in [1.54, 1.807) is 0 Å². The lowest BCUT2D eigenvalue weighted by Gasteiger charge is -2.20. The number of hydrogen-bond acceptors (Lipinski definition) is 4. The maximum absolute atomic E-state index is 11.9. The van der Waals surface area contributed by atoms with Crippen molar-refractivity contribution in [2.24, 2.45) is 0 Å². The summed E-state index contributed by atoms with van der Waals surface area (Å²) in [6.45, 7) is 5.61.